The Morgan fingerprint density at radius 3 is 2.19 bits per heavy atom. The molecule has 0 unspecified atom stereocenters. The third-order valence-electron chi connectivity index (χ3n) is 5.88. The van der Waals surface area contributed by atoms with Gasteiger partial charge in [0.25, 0.3) is 5.91 Å². The Labute approximate surface area is 183 Å². The van der Waals surface area contributed by atoms with Gasteiger partial charge >= 0.3 is 0 Å². The fraction of sp³-hybridized carbons (Fsp3) is 0.259. The maximum atomic E-state index is 13.3. The van der Waals surface area contributed by atoms with Crippen molar-refractivity contribution in [2.75, 3.05) is 13.1 Å². The summed E-state index contributed by atoms with van der Waals surface area (Å²) in [5, 5.41) is 0. The molecule has 0 aromatic heterocycles. The highest BCUT2D eigenvalue weighted by Crippen LogP contribution is 2.27. The van der Waals surface area contributed by atoms with E-state index in [9.17, 15) is 9.59 Å². The largest absolute Gasteiger partial charge is 0.488 e. The van der Waals surface area contributed by atoms with Crippen LogP contribution >= 0.6 is 0 Å². The Morgan fingerprint density at radius 1 is 0.903 bits per heavy atom. The number of likely N-dealkylation sites (tertiary alicyclic amines) is 1. The zero-order chi connectivity index (χ0) is 21.5. The van der Waals surface area contributed by atoms with Gasteiger partial charge in [0.2, 0.25) is 0 Å². The Kier molecular flexibility index (Phi) is 6.78. The van der Waals surface area contributed by atoms with Crippen molar-refractivity contribution < 1.29 is 14.3 Å². The molecule has 3 aromatic carbocycles. The Balaban J connectivity index is 1.43. The first-order valence-corrected chi connectivity index (χ1v) is 10.8. The SMILES string of the molecule is O=Cc1ccc(OCc2ccccc2)c(C(=O)N2CCC(Cc3ccccc3)CC2)c1. The van der Waals surface area contributed by atoms with Crippen molar-refractivity contribution in [3.05, 3.63) is 101 Å². The van der Waals surface area contributed by atoms with Crippen molar-refractivity contribution in [1.82, 2.24) is 4.90 Å². The highest BCUT2D eigenvalue weighted by Gasteiger charge is 2.26. The van der Waals surface area contributed by atoms with Crippen LogP contribution in [0, 0.1) is 5.92 Å². The van der Waals surface area contributed by atoms with Crippen LogP contribution < -0.4 is 4.74 Å². The smallest absolute Gasteiger partial charge is 0.257 e. The van der Waals surface area contributed by atoms with E-state index in [2.05, 4.69) is 24.3 Å². The Hall–Kier alpha value is -3.40. The second-order valence-corrected chi connectivity index (χ2v) is 8.07. The van der Waals surface area contributed by atoms with E-state index in [1.165, 1.54) is 5.56 Å². The van der Waals surface area contributed by atoms with Crippen molar-refractivity contribution >= 4 is 12.2 Å². The predicted octanol–water partition coefficient (Wildman–Crippen LogP) is 5.17. The standard InChI is InChI=1S/C27H27NO3/c29-19-24-11-12-26(31-20-23-9-5-2-6-10-23)25(18-24)27(30)28-15-13-22(14-16-28)17-21-7-3-1-4-8-21/h1-12,18-19,22H,13-17,20H2. The van der Waals surface area contributed by atoms with Gasteiger partial charge in [0.1, 0.15) is 18.6 Å². The number of nitrogens with zero attached hydrogens (tertiary/aromatic N) is 1. The summed E-state index contributed by atoms with van der Waals surface area (Å²) >= 11 is 0. The number of aldehydes is 1. The number of amides is 1. The van der Waals surface area contributed by atoms with Gasteiger partial charge in [-0.25, -0.2) is 0 Å². The number of carbonyl (C=O) groups excluding carboxylic acids is 2. The lowest BCUT2D eigenvalue weighted by Gasteiger charge is -2.32. The van der Waals surface area contributed by atoms with Gasteiger partial charge in [-0.15, -0.1) is 0 Å². The minimum Gasteiger partial charge on any atom is -0.488 e. The summed E-state index contributed by atoms with van der Waals surface area (Å²) in [4.78, 5) is 26.5. The van der Waals surface area contributed by atoms with Crippen LogP contribution in [0.4, 0.5) is 0 Å². The molecular weight excluding hydrogens is 386 g/mol. The molecule has 1 aliphatic heterocycles. The predicted molar refractivity (Wildman–Crippen MR) is 121 cm³/mol. The molecule has 0 radical (unpaired) electrons. The van der Waals surface area contributed by atoms with E-state index < -0.39 is 0 Å². The number of hydrogen-bond acceptors (Lipinski definition) is 3. The van der Waals surface area contributed by atoms with Crippen LogP contribution in [-0.4, -0.2) is 30.2 Å². The Morgan fingerprint density at radius 2 is 1.55 bits per heavy atom. The first-order valence-electron chi connectivity index (χ1n) is 10.8. The molecule has 1 saturated heterocycles. The van der Waals surface area contributed by atoms with Crippen LogP contribution in [0.15, 0.2) is 78.9 Å². The number of piperidine rings is 1. The fourth-order valence-electron chi connectivity index (χ4n) is 4.11. The van der Waals surface area contributed by atoms with E-state index in [1.807, 2.05) is 41.3 Å². The molecule has 1 heterocycles. The van der Waals surface area contributed by atoms with E-state index >= 15 is 0 Å². The summed E-state index contributed by atoms with van der Waals surface area (Å²) in [5.74, 6) is 1.04. The summed E-state index contributed by atoms with van der Waals surface area (Å²) in [7, 11) is 0. The van der Waals surface area contributed by atoms with E-state index in [4.69, 9.17) is 4.74 Å². The van der Waals surface area contributed by atoms with Gasteiger partial charge in [-0.3, -0.25) is 9.59 Å². The van der Waals surface area contributed by atoms with E-state index in [0.29, 0.717) is 29.4 Å². The summed E-state index contributed by atoms with van der Waals surface area (Å²) in [6.45, 7) is 1.82. The quantitative estimate of drug-likeness (QED) is 0.502. The molecule has 0 spiro atoms. The van der Waals surface area contributed by atoms with Gasteiger partial charge in [0.15, 0.2) is 0 Å². The van der Waals surface area contributed by atoms with Crippen LogP contribution in [0.3, 0.4) is 0 Å². The van der Waals surface area contributed by atoms with Crippen molar-refractivity contribution in [1.29, 1.82) is 0 Å². The average Bonchev–Trinajstić information content (AvgIpc) is 2.84. The minimum atomic E-state index is -0.0649. The van der Waals surface area contributed by atoms with Gasteiger partial charge < -0.3 is 9.64 Å². The second kappa shape index (κ2) is 10.1. The lowest BCUT2D eigenvalue weighted by Crippen LogP contribution is -2.39. The molecule has 31 heavy (non-hydrogen) atoms. The van der Waals surface area contributed by atoms with E-state index in [1.54, 1.807) is 18.2 Å². The Bertz CT molecular complexity index is 1010. The van der Waals surface area contributed by atoms with Gasteiger partial charge in [0, 0.05) is 18.7 Å². The van der Waals surface area contributed by atoms with Gasteiger partial charge in [-0.1, -0.05) is 60.7 Å². The number of ether oxygens (including phenoxy) is 1. The summed E-state index contributed by atoms with van der Waals surface area (Å²) in [6.07, 6.45) is 3.78. The summed E-state index contributed by atoms with van der Waals surface area (Å²) < 4.78 is 5.97. The summed E-state index contributed by atoms with van der Waals surface area (Å²) in [5.41, 5.74) is 3.32. The van der Waals surface area contributed by atoms with Crippen molar-refractivity contribution in [3.63, 3.8) is 0 Å². The number of hydrogen-bond donors (Lipinski definition) is 0. The van der Waals surface area contributed by atoms with Crippen LogP contribution in [-0.2, 0) is 13.0 Å². The van der Waals surface area contributed by atoms with Gasteiger partial charge in [-0.2, -0.15) is 0 Å². The van der Waals surface area contributed by atoms with Gasteiger partial charge in [-0.05, 0) is 54.5 Å². The highest BCUT2D eigenvalue weighted by molar-refractivity contribution is 5.98. The monoisotopic (exact) mass is 413 g/mol. The van der Waals surface area contributed by atoms with Gasteiger partial charge in [0.05, 0.1) is 5.56 Å². The fourth-order valence-corrected chi connectivity index (χ4v) is 4.11. The number of benzene rings is 3. The molecule has 0 saturated carbocycles. The van der Waals surface area contributed by atoms with Crippen LogP contribution in [0.25, 0.3) is 0 Å². The zero-order valence-electron chi connectivity index (χ0n) is 17.6. The third kappa shape index (κ3) is 5.40. The number of carbonyl (C=O) groups is 2. The molecule has 1 fully saturated rings. The van der Waals surface area contributed by atoms with Crippen LogP contribution in [0.1, 0.15) is 44.7 Å². The molecule has 4 nitrogen and oxygen atoms in total. The number of rotatable bonds is 7. The highest BCUT2D eigenvalue weighted by atomic mass is 16.5. The van der Waals surface area contributed by atoms with Crippen LogP contribution in [0.5, 0.6) is 5.75 Å². The average molecular weight is 414 g/mol. The van der Waals surface area contributed by atoms with E-state index in [-0.39, 0.29) is 5.91 Å². The first-order chi connectivity index (χ1) is 15.2. The minimum absolute atomic E-state index is 0.0649. The van der Waals surface area contributed by atoms with Crippen LogP contribution in [0.2, 0.25) is 0 Å². The lowest BCUT2D eigenvalue weighted by atomic mass is 9.90. The molecule has 4 heteroatoms. The molecule has 1 aliphatic rings. The molecule has 3 aromatic rings. The zero-order valence-corrected chi connectivity index (χ0v) is 17.6. The first kappa shape index (κ1) is 20.9. The van der Waals surface area contributed by atoms with E-state index in [0.717, 1.165) is 44.2 Å². The molecule has 1 amide bonds. The molecule has 0 atom stereocenters. The third-order valence-corrected chi connectivity index (χ3v) is 5.88. The van der Waals surface area contributed by atoms with Crippen molar-refractivity contribution in [3.8, 4) is 5.75 Å². The van der Waals surface area contributed by atoms with Crippen molar-refractivity contribution in [2.24, 2.45) is 5.92 Å². The summed E-state index contributed by atoms with van der Waals surface area (Å²) in [6, 6.07) is 25.4. The normalized spacial score (nSPS) is 14.3. The lowest BCUT2D eigenvalue weighted by molar-refractivity contribution is 0.0685. The molecular formula is C27H27NO3. The maximum absolute atomic E-state index is 13.3. The molecule has 0 bridgehead atoms. The second-order valence-electron chi connectivity index (χ2n) is 8.07. The molecule has 4 rings (SSSR count). The molecule has 158 valence electrons. The topological polar surface area (TPSA) is 46.6 Å². The molecule has 0 aliphatic carbocycles. The molecule has 0 N–H and O–H groups in total. The maximum Gasteiger partial charge on any atom is 0.257 e. The van der Waals surface area contributed by atoms with Crippen molar-refractivity contribution in [2.45, 2.75) is 25.9 Å².